The van der Waals surface area contributed by atoms with Gasteiger partial charge in [0, 0.05) is 6.26 Å². The first kappa shape index (κ1) is 15.8. The van der Waals surface area contributed by atoms with E-state index < -0.39 is 26.2 Å². The van der Waals surface area contributed by atoms with Crippen LogP contribution in [0.5, 0.6) is 0 Å². The van der Waals surface area contributed by atoms with Crippen molar-refractivity contribution in [2.45, 2.75) is 69.6 Å². The zero-order valence-corrected chi connectivity index (χ0v) is 13.8. The lowest BCUT2D eigenvalue weighted by molar-refractivity contribution is -0.169. The van der Waals surface area contributed by atoms with Crippen LogP contribution >= 0.6 is 0 Å². The number of hydrogen-bond donors (Lipinski definition) is 0. The smallest absolute Gasteiger partial charge is 0.327 e. The number of carbonyl (C=O) groups is 1. The highest BCUT2D eigenvalue weighted by molar-refractivity contribution is 7.92. The lowest BCUT2D eigenvalue weighted by atomic mass is 9.82. The molecule has 5 heteroatoms. The van der Waals surface area contributed by atoms with Crippen LogP contribution in [0.15, 0.2) is 0 Å². The van der Waals surface area contributed by atoms with Gasteiger partial charge < -0.3 is 4.74 Å². The van der Waals surface area contributed by atoms with Gasteiger partial charge in [-0.05, 0) is 57.3 Å². The molecule has 0 spiro atoms. The second-order valence-corrected chi connectivity index (χ2v) is 9.19. The van der Waals surface area contributed by atoms with Crippen LogP contribution < -0.4 is 0 Å². The van der Waals surface area contributed by atoms with Crippen LogP contribution in [0.25, 0.3) is 0 Å². The topological polar surface area (TPSA) is 60.4 Å². The molecule has 20 heavy (non-hydrogen) atoms. The zero-order valence-electron chi connectivity index (χ0n) is 12.9. The number of rotatable bonds is 5. The molecule has 0 aromatic rings. The summed E-state index contributed by atoms with van der Waals surface area (Å²) >= 11 is 0. The Hall–Kier alpha value is -0.580. The molecule has 2 bridgehead atoms. The molecule has 0 aliphatic heterocycles. The van der Waals surface area contributed by atoms with Gasteiger partial charge in [-0.3, -0.25) is 4.79 Å². The molecule has 4 nitrogen and oxygen atoms in total. The lowest BCUT2D eigenvalue weighted by Crippen LogP contribution is -2.50. The maximum Gasteiger partial charge on any atom is 0.327 e. The Morgan fingerprint density at radius 2 is 2.00 bits per heavy atom. The summed E-state index contributed by atoms with van der Waals surface area (Å²) in [6, 6.07) is 0. The Morgan fingerprint density at radius 1 is 1.35 bits per heavy atom. The summed E-state index contributed by atoms with van der Waals surface area (Å²) in [6.45, 7) is 5.25. The van der Waals surface area contributed by atoms with Crippen LogP contribution in [0.1, 0.15) is 59.3 Å². The van der Waals surface area contributed by atoms with E-state index in [1.54, 1.807) is 6.92 Å². The summed E-state index contributed by atoms with van der Waals surface area (Å²) < 4.78 is 28.3. The van der Waals surface area contributed by atoms with Crippen molar-refractivity contribution in [2.24, 2.45) is 11.8 Å². The highest BCUT2D eigenvalue weighted by Gasteiger charge is 2.55. The van der Waals surface area contributed by atoms with Crippen molar-refractivity contribution in [3.63, 3.8) is 0 Å². The normalized spacial score (nSPS) is 35.8. The first-order chi connectivity index (χ1) is 9.18. The van der Waals surface area contributed by atoms with E-state index in [0.717, 1.165) is 31.9 Å². The van der Waals surface area contributed by atoms with Gasteiger partial charge in [0.25, 0.3) is 0 Å². The number of ether oxygens (including phenoxy) is 1. The van der Waals surface area contributed by atoms with Gasteiger partial charge in [-0.2, -0.15) is 0 Å². The summed E-state index contributed by atoms with van der Waals surface area (Å²) in [5, 5.41) is 0. The fourth-order valence-electron chi connectivity index (χ4n) is 3.87. The number of esters is 1. The van der Waals surface area contributed by atoms with Crippen LogP contribution in [0.3, 0.4) is 0 Å². The van der Waals surface area contributed by atoms with E-state index in [9.17, 15) is 13.2 Å². The number of hydrogen-bond acceptors (Lipinski definition) is 4. The average molecular weight is 302 g/mol. The molecule has 0 radical (unpaired) electrons. The molecule has 4 atom stereocenters. The van der Waals surface area contributed by atoms with E-state index in [-0.39, 0.29) is 6.42 Å². The van der Waals surface area contributed by atoms with Crippen LogP contribution in [0, 0.1) is 11.8 Å². The molecule has 2 saturated carbocycles. The van der Waals surface area contributed by atoms with Crippen molar-refractivity contribution in [2.75, 3.05) is 6.26 Å². The molecule has 2 aliphatic carbocycles. The summed E-state index contributed by atoms with van der Waals surface area (Å²) in [7, 11) is -3.48. The van der Waals surface area contributed by atoms with E-state index in [1.807, 2.05) is 6.92 Å². The number of sulfone groups is 1. The van der Waals surface area contributed by atoms with Crippen molar-refractivity contribution >= 4 is 15.8 Å². The van der Waals surface area contributed by atoms with Crippen molar-refractivity contribution in [1.82, 2.24) is 0 Å². The van der Waals surface area contributed by atoms with E-state index in [1.165, 1.54) is 13.3 Å². The minimum absolute atomic E-state index is 0.249. The van der Waals surface area contributed by atoms with Crippen LogP contribution in [0.4, 0.5) is 0 Å². The predicted octanol–water partition coefficient (Wildman–Crippen LogP) is 2.71. The van der Waals surface area contributed by atoms with Gasteiger partial charge in [0.2, 0.25) is 0 Å². The Bertz CT molecular complexity index is 498. The molecule has 0 aromatic heterocycles. The third kappa shape index (κ3) is 2.28. The van der Waals surface area contributed by atoms with Gasteiger partial charge in [0.15, 0.2) is 14.6 Å². The maximum atomic E-state index is 12.5. The zero-order chi connectivity index (χ0) is 15.2. The highest BCUT2D eigenvalue weighted by atomic mass is 32.2. The van der Waals surface area contributed by atoms with E-state index in [4.69, 9.17) is 4.74 Å². The van der Waals surface area contributed by atoms with Gasteiger partial charge in [-0.1, -0.05) is 13.8 Å². The van der Waals surface area contributed by atoms with Crippen molar-refractivity contribution in [1.29, 1.82) is 0 Å². The van der Waals surface area contributed by atoms with E-state index in [0.29, 0.717) is 11.8 Å². The number of fused-ring (bicyclic) bond motifs is 2. The van der Waals surface area contributed by atoms with E-state index >= 15 is 0 Å². The average Bonchev–Trinajstić information content (AvgIpc) is 2.96. The summed E-state index contributed by atoms with van der Waals surface area (Å²) in [6.07, 6.45) is 6.51. The highest BCUT2D eigenvalue weighted by Crippen LogP contribution is 2.54. The Balaban J connectivity index is 2.22. The molecule has 116 valence electrons. The molecule has 0 aromatic carbocycles. The molecular weight excluding hydrogens is 276 g/mol. The maximum absolute atomic E-state index is 12.5. The quantitative estimate of drug-likeness (QED) is 0.733. The second kappa shape index (κ2) is 5.00. The van der Waals surface area contributed by atoms with Crippen molar-refractivity contribution in [3.8, 4) is 0 Å². The standard InChI is InChI=1S/C15H26O4S/c1-5-14(3,20(4,17)18)13(16)19-15(6-2)10-11-7-8-12(15)9-11/h11-12H,5-10H2,1-4H3. The molecule has 0 saturated heterocycles. The van der Waals surface area contributed by atoms with Gasteiger partial charge in [-0.25, -0.2) is 8.42 Å². The molecule has 2 aliphatic rings. The fourth-order valence-corrected chi connectivity index (χ4v) is 4.74. The third-order valence-corrected chi connectivity index (χ3v) is 7.83. The van der Waals surface area contributed by atoms with Crippen molar-refractivity contribution in [3.05, 3.63) is 0 Å². The van der Waals surface area contributed by atoms with Crippen molar-refractivity contribution < 1.29 is 17.9 Å². The fraction of sp³-hybridized carbons (Fsp3) is 0.933. The second-order valence-electron chi connectivity index (χ2n) is 6.74. The molecule has 2 rings (SSSR count). The van der Waals surface area contributed by atoms with Gasteiger partial charge >= 0.3 is 5.97 Å². The van der Waals surface area contributed by atoms with Gasteiger partial charge in [-0.15, -0.1) is 0 Å². The molecule has 0 amide bonds. The van der Waals surface area contributed by atoms with Crippen LogP contribution in [0.2, 0.25) is 0 Å². The Kier molecular flexibility index (Phi) is 3.95. The first-order valence-electron chi connectivity index (χ1n) is 7.61. The molecular formula is C15H26O4S. The molecule has 0 heterocycles. The summed E-state index contributed by atoms with van der Waals surface area (Å²) in [4.78, 5) is 12.5. The predicted molar refractivity (Wildman–Crippen MR) is 78.1 cm³/mol. The van der Waals surface area contributed by atoms with Crippen LogP contribution in [-0.2, 0) is 19.4 Å². The van der Waals surface area contributed by atoms with E-state index in [2.05, 4.69) is 0 Å². The van der Waals surface area contributed by atoms with Gasteiger partial charge in [0.1, 0.15) is 5.60 Å². The monoisotopic (exact) mass is 302 g/mol. The molecule has 4 unspecified atom stereocenters. The molecule has 2 fully saturated rings. The minimum Gasteiger partial charge on any atom is -0.458 e. The Morgan fingerprint density at radius 3 is 2.35 bits per heavy atom. The first-order valence-corrected chi connectivity index (χ1v) is 9.50. The lowest BCUT2D eigenvalue weighted by Gasteiger charge is -2.39. The third-order valence-electron chi connectivity index (χ3n) is 5.74. The van der Waals surface area contributed by atoms with Crippen LogP contribution in [-0.4, -0.2) is 31.0 Å². The Labute approximate surface area is 122 Å². The SMILES string of the molecule is CCC1(OC(=O)C(C)(CC)S(C)(=O)=O)CC2CCC1C2. The number of carbonyl (C=O) groups excluding carboxylic acids is 1. The summed E-state index contributed by atoms with van der Waals surface area (Å²) in [5.74, 6) is 0.512. The largest absolute Gasteiger partial charge is 0.458 e. The van der Waals surface area contributed by atoms with Gasteiger partial charge in [0.05, 0.1) is 0 Å². The minimum atomic E-state index is -3.48. The summed E-state index contributed by atoms with van der Waals surface area (Å²) in [5.41, 5.74) is -0.416. The molecule has 0 N–H and O–H groups in total.